The third-order valence-electron chi connectivity index (χ3n) is 1.22. The number of carbonyl (C=O) groups is 1. The van der Waals surface area contributed by atoms with Crippen molar-refractivity contribution in [2.45, 2.75) is 20.0 Å². The van der Waals surface area contributed by atoms with Crippen LogP contribution in [-0.4, -0.2) is 31.4 Å². The lowest BCUT2D eigenvalue weighted by Crippen LogP contribution is -2.31. The molecule has 0 radical (unpaired) electrons. The van der Waals surface area contributed by atoms with Gasteiger partial charge in [0.2, 0.25) is 0 Å². The Morgan fingerprint density at radius 3 is 3.00 bits per heavy atom. The van der Waals surface area contributed by atoms with Crippen LogP contribution in [0.2, 0.25) is 0 Å². The molecule has 0 heterocycles. The van der Waals surface area contributed by atoms with E-state index in [-0.39, 0.29) is 12.6 Å². The van der Waals surface area contributed by atoms with Gasteiger partial charge in [-0.05, 0) is 13.8 Å². The maximum absolute atomic E-state index is 9.88. The van der Waals surface area contributed by atoms with Crippen LogP contribution in [-0.2, 0) is 9.53 Å². The molecule has 3 N–H and O–H groups in total. The number of hydrazone groups is 1. The smallest absolute Gasteiger partial charge is 0.148 e. The molecular weight excluding hydrogens is 158 g/mol. The van der Waals surface area contributed by atoms with E-state index in [4.69, 9.17) is 10.5 Å². The fourth-order valence-corrected chi connectivity index (χ4v) is 0.600. The molecule has 0 fully saturated rings. The number of rotatable bonds is 6. The van der Waals surface area contributed by atoms with Crippen molar-refractivity contribution < 1.29 is 9.53 Å². The van der Waals surface area contributed by atoms with Crippen LogP contribution in [0.25, 0.3) is 0 Å². The van der Waals surface area contributed by atoms with E-state index in [1.807, 2.05) is 6.92 Å². The van der Waals surface area contributed by atoms with Crippen LogP contribution in [0.15, 0.2) is 5.10 Å². The first-order chi connectivity index (χ1) is 5.72. The minimum absolute atomic E-state index is 0.166. The third-order valence-corrected chi connectivity index (χ3v) is 1.22. The number of aldehydes is 1. The van der Waals surface area contributed by atoms with Crippen LogP contribution in [0, 0.1) is 0 Å². The highest BCUT2D eigenvalue weighted by molar-refractivity contribution is 5.84. The van der Waals surface area contributed by atoms with E-state index in [2.05, 4.69) is 10.5 Å². The minimum atomic E-state index is -0.214. The molecule has 1 unspecified atom stereocenters. The summed E-state index contributed by atoms with van der Waals surface area (Å²) in [5.41, 5.74) is 7.98. The summed E-state index contributed by atoms with van der Waals surface area (Å²) in [7, 11) is 0. The van der Waals surface area contributed by atoms with E-state index in [0.717, 1.165) is 0 Å². The van der Waals surface area contributed by atoms with Crippen LogP contribution in [0.5, 0.6) is 0 Å². The largest absolute Gasteiger partial charge is 0.384 e. The Labute approximate surface area is 72.0 Å². The first-order valence-corrected chi connectivity index (χ1v) is 3.83. The minimum Gasteiger partial charge on any atom is -0.384 e. The zero-order valence-corrected chi connectivity index (χ0v) is 7.41. The molecule has 0 spiro atoms. The maximum Gasteiger partial charge on any atom is 0.148 e. The van der Waals surface area contributed by atoms with E-state index >= 15 is 0 Å². The SMILES string of the molecule is CCOC(C)C(N)=NNCC=O. The highest BCUT2D eigenvalue weighted by Crippen LogP contribution is 1.88. The van der Waals surface area contributed by atoms with Crippen LogP contribution >= 0.6 is 0 Å². The van der Waals surface area contributed by atoms with Crippen LogP contribution < -0.4 is 11.2 Å². The second kappa shape index (κ2) is 6.60. The number of nitrogens with zero attached hydrogens (tertiary/aromatic N) is 1. The lowest BCUT2D eigenvalue weighted by atomic mass is 10.4. The van der Waals surface area contributed by atoms with Gasteiger partial charge in [0.1, 0.15) is 18.2 Å². The lowest BCUT2D eigenvalue weighted by molar-refractivity contribution is -0.107. The first kappa shape index (κ1) is 10.9. The Hall–Kier alpha value is -1.10. The van der Waals surface area contributed by atoms with Crippen LogP contribution in [0.3, 0.4) is 0 Å². The van der Waals surface area contributed by atoms with Gasteiger partial charge in [0.15, 0.2) is 0 Å². The molecule has 5 nitrogen and oxygen atoms in total. The van der Waals surface area contributed by atoms with E-state index in [9.17, 15) is 4.79 Å². The molecule has 0 aromatic heterocycles. The van der Waals surface area contributed by atoms with Gasteiger partial charge in [0.25, 0.3) is 0 Å². The van der Waals surface area contributed by atoms with Gasteiger partial charge in [-0.3, -0.25) is 0 Å². The Bertz CT molecular complexity index is 159. The van der Waals surface area contributed by atoms with Gasteiger partial charge in [-0.15, -0.1) is 0 Å². The third kappa shape index (κ3) is 4.68. The molecule has 12 heavy (non-hydrogen) atoms. The number of hydrogen-bond acceptors (Lipinski definition) is 4. The van der Waals surface area contributed by atoms with Gasteiger partial charge in [0.05, 0.1) is 6.54 Å². The standard InChI is InChI=1S/C7H15N3O2/c1-3-12-6(2)7(8)10-9-4-5-11/h5-6,9H,3-4H2,1-2H3,(H2,8,10). The topological polar surface area (TPSA) is 76.7 Å². The summed E-state index contributed by atoms with van der Waals surface area (Å²) >= 11 is 0. The molecule has 0 bridgehead atoms. The van der Waals surface area contributed by atoms with Crippen molar-refractivity contribution in [1.29, 1.82) is 0 Å². The van der Waals surface area contributed by atoms with Crippen molar-refractivity contribution in [2.24, 2.45) is 10.8 Å². The second-order valence-corrected chi connectivity index (χ2v) is 2.16. The van der Waals surface area contributed by atoms with Gasteiger partial charge < -0.3 is 20.7 Å². The molecule has 0 saturated heterocycles. The zero-order chi connectivity index (χ0) is 9.40. The molecule has 0 aromatic rings. The number of nitrogens with one attached hydrogen (secondary N) is 1. The molecule has 0 amide bonds. The summed E-state index contributed by atoms with van der Waals surface area (Å²) in [6, 6.07) is 0. The highest BCUT2D eigenvalue weighted by atomic mass is 16.5. The second-order valence-electron chi connectivity index (χ2n) is 2.16. The van der Waals surface area contributed by atoms with E-state index in [1.165, 1.54) is 0 Å². The zero-order valence-electron chi connectivity index (χ0n) is 7.41. The van der Waals surface area contributed by atoms with Gasteiger partial charge in [0, 0.05) is 6.61 Å². The summed E-state index contributed by atoms with van der Waals surface area (Å²) in [6.07, 6.45) is 0.497. The van der Waals surface area contributed by atoms with Gasteiger partial charge in [-0.2, -0.15) is 5.10 Å². The average molecular weight is 173 g/mol. The van der Waals surface area contributed by atoms with Crippen molar-refractivity contribution in [3.63, 3.8) is 0 Å². The summed E-state index contributed by atoms with van der Waals surface area (Å²) in [6.45, 7) is 4.43. The van der Waals surface area contributed by atoms with E-state index in [1.54, 1.807) is 6.92 Å². The van der Waals surface area contributed by atoms with Crippen molar-refractivity contribution in [1.82, 2.24) is 5.43 Å². The molecule has 0 aliphatic heterocycles. The Kier molecular flexibility index (Phi) is 6.00. The summed E-state index contributed by atoms with van der Waals surface area (Å²) in [5.74, 6) is 0.346. The van der Waals surface area contributed by atoms with Crippen molar-refractivity contribution in [3.8, 4) is 0 Å². The van der Waals surface area contributed by atoms with E-state index < -0.39 is 0 Å². The van der Waals surface area contributed by atoms with Crippen molar-refractivity contribution in [2.75, 3.05) is 13.2 Å². The van der Waals surface area contributed by atoms with Gasteiger partial charge in [-0.1, -0.05) is 0 Å². The van der Waals surface area contributed by atoms with Gasteiger partial charge in [-0.25, -0.2) is 0 Å². The average Bonchev–Trinajstić information content (AvgIpc) is 2.05. The highest BCUT2D eigenvalue weighted by Gasteiger charge is 2.04. The number of amidine groups is 1. The molecule has 70 valence electrons. The first-order valence-electron chi connectivity index (χ1n) is 3.83. The fourth-order valence-electron chi connectivity index (χ4n) is 0.600. The molecule has 5 heteroatoms. The van der Waals surface area contributed by atoms with Crippen LogP contribution in [0.1, 0.15) is 13.8 Å². The Balaban J connectivity index is 3.72. The summed E-state index contributed by atoms with van der Waals surface area (Å²) < 4.78 is 5.15. The number of ether oxygens (including phenoxy) is 1. The fraction of sp³-hybridized carbons (Fsp3) is 0.714. The normalized spacial score (nSPS) is 14.0. The molecule has 1 atom stereocenters. The summed E-state index contributed by atoms with van der Waals surface area (Å²) in [4.78, 5) is 9.88. The molecule has 0 aromatic carbocycles. The molecule has 0 aliphatic carbocycles. The molecule has 0 aliphatic rings. The quantitative estimate of drug-likeness (QED) is 0.186. The molecule has 0 rings (SSSR count). The predicted molar refractivity (Wildman–Crippen MR) is 46.8 cm³/mol. The molecular formula is C7H15N3O2. The number of carbonyl (C=O) groups excluding carboxylic acids is 1. The van der Waals surface area contributed by atoms with Crippen LogP contribution in [0.4, 0.5) is 0 Å². The monoisotopic (exact) mass is 173 g/mol. The lowest BCUT2D eigenvalue weighted by Gasteiger charge is -2.09. The number of hydrogen-bond donors (Lipinski definition) is 2. The van der Waals surface area contributed by atoms with Gasteiger partial charge >= 0.3 is 0 Å². The van der Waals surface area contributed by atoms with E-state index in [0.29, 0.717) is 18.7 Å². The Morgan fingerprint density at radius 2 is 2.50 bits per heavy atom. The predicted octanol–water partition coefficient (Wildman–Crippen LogP) is -0.528. The maximum atomic E-state index is 9.88. The van der Waals surface area contributed by atoms with Crippen molar-refractivity contribution >= 4 is 12.1 Å². The number of nitrogens with two attached hydrogens (primary N) is 1. The molecule has 0 saturated carbocycles. The van der Waals surface area contributed by atoms with Crippen molar-refractivity contribution in [3.05, 3.63) is 0 Å². The Morgan fingerprint density at radius 1 is 1.83 bits per heavy atom. The summed E-state index contributed by atoms with van der Waals surface area (Å²) in [5, 5.41) is 3.72.